The Balaban J connectivity index is 2.42. The van der Waals surface area contributed by atoms with E-state index < -0.39 is 30.5 Å². The SMILES string of the molecule is CC[C@@H](C)[C@H](NC(=O)COC(=O)COc1ccccc1C)C(=O)OC. The summed E-state index contributed by atoms with van der Waals surface area (Å²) < 4.78 is 14.9. The van der Waals surface area contributed by atoms with E-state index >= 15 is 0 Å². The van der Waals surface area contributed by atoms with E-state index in [0.717, 1.165) is 5.56 Å². The van der Waals surface area contributed by atoms with Crippen LogP contribution in [0.15, 0.2) is 24.3 Å². The standard InChI is InChI=1S/C18H25NO6/c1-5-12(2)17(18(22)23-4)19-15(20)10-25-16(21)11-24-14-9-7-6-8-13(14)3/h6-9,12,17H,5,10-11H2,1-4H3,(H,19,20)/t12-,17+/m1/s1. The van der Waals surface area contributed by atoms with Crippen molar-refractivity contribution in [3.63, 3.8) is 0 Å². The molecule has 1 aromatic rings. The molecule has 2 atom stereocenters. The van der Waals surface area contributed by atoms with Crippen LogP contribution in [0.4, 0.5) is 0 Å². The molecule has 25 heavy (non-hydrogen) atoms. The maximum Gasteiger partial charge on any atom is 0.344 e. The maximum atomic E-state index is 11.9. The summed E-state index contributed by atoms with van der Waals surface area (Å²) in [6.07, 6.45) is 0.685. The lowest BCUT2D eigenvalue weighted by molar-refractivity contribution is -0.152. The fraction of sp³-hybridized carbons (Fsp3) is 0.500. The summed E-state index contributed by atoms with van der Waals surface area (Å²) in [6.45, 7) is 4.79. The number of esters is 2. The Morgan fingerprint density at radius 2 is 1.84 bits per heavy atom. The minimum absolute atomic E-state index is 0.100. The number of hydrogen-bond acceptors (Lipinski definition) is 6. The minimum atomic E-state index is -0.774. The molecular formula is C18H25NO6. The summed E-state index contributed by atoms with van der Waals surface area (Å²) in [4.78, 5) is 35.3. The lowest BCUT2D eigenvalue weighted by atomic mass is 9.99. The fourth-order valence-corrected chi connectivity index (χ4v) is 2.05. The largest absolute Gasteiger partial charge is 0.482 e. The van der Waals surface area contributed by atoms with Gasteiger partial charge in [-0.2, -0.15) is 0 Å². The van der Waals surface area contributed by atoms with Crippen LogP contribution >= 0.6 is 0 Å². The molecule has 1 N–H and O–H groups in total. The third-order valence-corrected chi connectivity index (χ3v) is 3.79. The number of methoxy groups -OCH3 is 1. The molecule has 0 radical (unpaired) electrons. The van der Waals surface area contributed by atoms with Crippen molar-refractivity contribution in [3.8, 4) is 5.75 Å². The van der Waals surface area contributed by atoms with Gasteiger partial charge in [0.25, 0.3) is 5.91 Å². The number of amides is 1. The van der Waals surface area contributed by atoms with E-state index in [0.29, 0.717) is 12.2 Å². The van der Waals surface area contributed by atoms with Gasteiger partial charge in [-0.05, 0) is 24.5 Å². The Kier molecular flexibility index (Phi) is 8.46. The number of benzene rings is 1. The van der Waals surface area contributed by atoms with E-state index in [2.05, 4.69) is 10.1 Å². The van der Waals surface area contributed by atoms with Gasteiger partial charge < -0.3 is 19.5 Å². The first-order valence-corrected chi connectivity index (χ1v) is 8.10. The Morgan fingerprint density at radius 3 is 2.44 bits per heavy atom. The monoisotopic (exact) mass is 351 g/mol. The Hall–Kier alpha value is -2.57. The van der Waals surface area contributed by atoms with Gasteiger partial charge in [-0.3, -0.25) is 4.79 Å². The molecule has 0 aliphatic rings. The molecule has 0 aliphatic heterocycles. The molecule has 0 aliphatic carbocycles. The van der Waals surface area contributed by atoms with E-state index in [4.69, 9.17) is 9.47 Å². The minimum Gasteiger partial charge on any atom is -0.482 e. The molecule has 0 fully saturated rings. The zero-order valence-corrected chi connectivity index (χ0v) is 15.0. The van der Waals surface area contributed by atoms with Crippen LogP contribution in [0, 0.1) is 12.8 Å². The highest BCUT2D eigenvalue weighted by Crippen LogP contribution is 2.15. The second-order valence-corrected chi connectivity index (χ2v) is 5.67. The molecule has 0 heterocycles. The average Bonchev–Trinajstić information content (AvgIpc) is 2.62. The van der Waals surface area contributed by atoms with E-state index in [-0.39, 0.29) is 12.5 Å². The first kappa shape index (κ1) is 20.5. The number of para-hydroxylation sites is 1. The molecule has 0 unspecified atom stereocenters. The van der Waals surface area contributed by atoms with E-state index in [1.54, 1.807) is 12.1 Å². The molecule has 1 amide bonds. The van der Waals surface area contributed by atoms with Gasteiger partial charge in [-0.25, -0.2) is 9.59 Å². The summed E-state index contributed by atoms with van der Waals surface area (Å²) in [6, 6.07) is 6.48. The molecule has 0 aromatic heterocycles. The smallest absolute Gasteiger partial charge is 0.344 e. The van der Waals surface area contributed by atoms with E-state index in [1.807, 2.05) is 32.9 Å². The lowest BCUT2D eigenvalue weighted by Gasteiger charge is -2.21. The Bertz CT molecular complexity index is 601. The molecule has 7 heteroatoms. The molecule has 0 spiro atoms. The summed E-state index contributed by atoms with van der Waals surface area (Å²) in [5.41, 5.74) is 0.891. The number of rotatable bonds is 9. The van der Waals surface area contributed by atoms with Crippen molar-refractivity contribution in [2.45, 2.75) is 33.2 Å². The van der Waals surface area contributed by atoms with Crippen LogP contribution in [0.25, 0.3) is 0 Å². The topological polar surface area (TPSA) is 90.9 Å². The van der Waals surface area contributed by atoms with Gasteiger partial charge in [-0.1, -0.05) is 38.5 Å². The highest BCUT2D eigenvalue weighted by molar-refractivity contribution is 5.86. The predicted octanol–water partition coefficient (Wildman–Crippen LogP) is 1.62. The van der Waals surface area contributed by atoms with Crippen LogP contribution < -0.4 is 10.1 Å². The summed E-state index contributed by atoms with van der Waals surface area (Å²) in [7, 11) is 1.26. The average molecular weight is 351 g/mol. The quantitative estimate of drug-likeness (QED) is 0.680. The van der Waals surface area contributed by atoms with Crippen molar-refractivity contribution >= 4 is 17.8 Å². The number of aryl methyl sites for hydroxylation is 1. The van der Waals surface area contributed by atoms with Crippen molar-refractivity contribution in [1.82, 2.24) is 5.32 Å². The normalized spacial score (nSPS) is 12.6. The van der Waals surface area contributed by atoms with Crippen molar-refractivity contribution < 1.29 is 28.6 Å². The molecule has 1 rings (SSSR count). The van der Waals surface area contributed by atoms with Crippen molar-refractivity contribution in [2.75, 3.05) is 20.3 Å². The van der Waals surface area contributed by atoms with Crippen LogP contribution in [0.3, 0.4) is 0 Å². The van der Waals surface area contributed by atoms with Gasteiger partial charge in [0.1, 0.15) is 11.8 Å². The van der Waals surface area contributed by atoms with Gasteiger partial charge >= 0.3 is 11.9 Å². The van der Waals surface area contributed by atoms with Gasteiger partial charge in [0.15, 0.2) is 13.2 Å². The second kappa shape index (κ2) is 10.3. The molecule has 7 nitrogen and oxygen atoms in total. The first-order chi connectivity index (χ1) is 11.9. The molecule has 138 valence electrons. The van der Waals surface area contributed by atoms with Crippen LogP contribution in [0.1, 0.15) is 25.8 Å². The third-order valence-electron chi connectivity index (χ3n) is 3.79. The van der Waals surface area contributed by atoms with Gasteiger partial charge in [0.05, 0.1) is 7.11 Å². The number of carbonyl (C=O) groups excluding carboxylic acids is 3. The van der Waals surface area contributed by atoms with Gasteiger partial charge in [0, 0.05) is 0 Å². The first-order valence-electron chi connectivity index (χ1n) is 8.10. The Labute approximate surface area is 147 Å². The number of hydrogen-bond donors (Lipinski definition) is 1. The Morgan fingerprint density at radius 1 is 1.16 bits per heavy atom. The zero-order valence-electron chi connectivity index (χ0n) is 15.0. The molecular weight excluding hydrogens is 326 g/mol. The summed E-state index contributed by atoms with van der Waals surface area (Å²) >= 11 is 0. The van der Waals surface area contributed by atoms with Gasteiger partial charge in [0.2, 0.25) is 0 Å². The second-order valence-electron chi connectivity index (χ2n) is 5.67. The summed E-state index contributed by atoms with van der Waals surface area (Å²) in [5.74, 6) is -1.30. The maximum absolute atomic E-state index is 11.9. The molecule has 0 saturated carbocycles. The highest BCUT2D eigenvalue weighted by Gasteiger charge is 2.26. The van der Waals surface area contributed by atoms with E-state index in [9.17, 15) is 14.4 Å². The highest BCUT2D eigenvalue weighted by atomic mass is 16.6. The van der Waals surface area contributed by atoms with Crippen molar-refractivity contribution in [2.24, 2.45) is 5.92 Å². The fourth-order valence-electron chi connectivity index (χ4n) is 2.05. The predicted molar refractivity (Wildman–Crippen MR) is 91.0 cm³/mol. The lowest BCUT2D eigenvalue weighted by Crippen LogP contribution is -2.47. The summed E-state index contributed by atoms with van der Waals surface area (Å²) in [5, 5.41) is 2.53. The van der Waals surface area contributed by atoms with Crippen LogP contribution in [-0.2, 0) is 23.9 Å². The van der Waals surface area contributed by atoms with Crippen molar-refractivity contribution in [3.05, 3.63) is 29.8 Å². The van der Waals surface area contributed by atoms with Gasteiger partial charge in [-0.15, -0.1) is 0 Å². The molecule has 0 saturated heterocycles. The van der Waals surface area contributed by atoms with Crippen LogP contribution in [-0.4, -0.2) is 44.2 Å². The van der Waals surface area contributed by atoms with E-state index in [1.165, 1.54) is 7.11 Å². The molecule has 0 bridgehead atoms. The number of nitrogens with one attached hydrogen (secondary N) is 1. The zero-order chi connectivity index (χ0) is 18.8. The van der Waals surface area contributed by atoms with Crippen LogP contribution in [0.5, 0.6) is 5.75 Å². The number of carbonyl (C=O) groups is 3. The third kappa shape index (κ3) is 6.82. The van der Waals surface area contributed by atoms with Crippen LogP contribution in [0.2, 0.25) is 0 Å². The van der Waals surface area contributed by atoms with Crippen molar-refractivity contribution in [1.29, 1.82) is 0 Å². The molecule has 1 aromatic carbocycles. The number of ether oxygens (including phenoxy) is 3.